The van der Waals surface area contributed by atoms with Crippen LogP contribution in [0.5, 0.6) is 0 Å². The van der Waals surface area contributed by atoms with Gasteiger partial charge in [0.25, 0.3) is 0 Å². The van der Waals surface area contributed by atoms with E-state index in [-0.39, 0.29) is 19.1 Å². The first-order valence-electron chi connectivity index (χ1n) is 5.04. The van der Waals surface area contributed by atoms with Crippen LogP contribution in [0.3, 0.4) is 0 Å². The van der Waals surface area contributed by atoms with Crippen LogP contribution >= 0.6 is 0 Å². The summed E-state index contributed by atoms with van der Waals surface area (Å²) in [5.74, 6) is -0.506. The molecule has 0 saturated carbocycles. The summed E-state index contributed by atoms with van der Waals surface area (Å²) in [6.07, 6.45) is 3.35. The van der Waals surface area contributed by atoms with E-state index in [1.807, 2.05) is 0 Å². The van der Waals surface area contributed by atoms with Crippen molar-refractivity contribution in [1.82, 2.24) is 4.90 Å². The van der Waals surface area contributed by atoms with E-state index >= 15 is 0 Å². The second-order valence-corrected chi connectivity index (χ2v) is 3.44. The quantitative estimate of drug-likeness (QED) is 0.634. The van der Waals surface area contributed by atoms with Gasteiger partial charge in [-0.2, -0.15) is 5.26 Å². The number of amides is 1. The average Bonchev–Trinajstić information content (AvgIpc) is 2.42. The lowest BCUT2D eigenvalue weighted by atomic mass is 10.2. The number of nitrogens with zero attached hydrogens (tertiary/aromatic N) is 2. The van der Waals surface area contributed by atoms with Crippen molar-refractivity contribution in [1.29, 1.82) is 5.26 Å². The Morgan fingerprint density at radius 1 is 1.47 bits per heavy atom. The molecule has 0 aromatic heterocycles. The molecule has 0 atom stereocenters. The van der Waals surface area contributed by atoms with Gasteiger partial charge in [0.1, 0.15) is 12.6 Å². The molecule has 15 heavy (non-hydrogen) atoms. The minimum atomic E-state index is -0.508. The highest BCUT2D eigenvalue weighted by Crippen LogP contribution is 2.10. The van der Waals surface area contributed by atoms with E-state index in [4.69, 9.17) is 5.26 Å². The van der Waals surface area contributed by atoms with Gasteiger partial charge in [-0.15, -0.1) is 0 Å². The fourth-order valence-corrected chi connectivity index (χ4v) is 1.52. The third-order valence-corrected chi connectivity index (χ3v) is 2.29. The maximum absolute atomic E-state index is 11.5. The van der Waals surface area contributed by atoms with Crippen molar-refractivity contribution in [3.63, 3.8) is 0 Å². The number of nitriles is 1. The highest BCUT2D eigenvalue weighted by atomic mass is 16.5. The first kappa shape index (κ1) is 11.5. The minimum absolute atomic E-state index is 0.00130. The third kappa shape index (κ3) is 3.98. The van der Waals surface area contributed by atoms with Crippen molar-refractivity contribution in [3.8, 4) is 6.07 Å². The number of rotatable bonds is 3. The normalized spacial score (nSPS) is 16.7. The van der Waals surface area contributed by atoms with Gasteiger partial charge in [0, 0.05) is 13.0 Å². The number of esters is 1. The maximum Gasteiger partial charge on any atom is 0.326 e. The highest BCUT2D eigenvalue weighted by Gasteiger charge is 2.19. The fraction of sp³-hybridized carbons (Fsp3) is 0.700. The van der Waals surface area contributed by atoms with Crippen LogP contribution in [0.25, 0.3) is 0 Å². The van der Waals surface area contributed by atoms with Crippen molar-refractivity contribution in [2.45, 2.75) is 25.7 Å². The Bertz CT molecular complexity index is 283. The fourth-order valence-electron chi connectivity index (χ4n) is 1.52. The smallest absolute Gasteiger partial charge is 0.326 e. The molecule has 0 radical (unpaired) electrons. The number of carbonyl (C=O) groups excluding carboxylic acids is 2. The largest absolute Gasteiger partial charge is 0.449 e. The topological polar surface area (TPSA) is 70.4 Å². The molecular formula is C10H14N2O3. The van der Waals surface area contributed by atoms with Gasteiger partial charge in [0.2, 0.25) is 5.91 Å². The van der Waals surface area contributed by atoms with Crippen molar-refractivity contribution < 1.29 is 14.3 Å². The molecule has 0 aromatic carbocycles. The van der Waals surface area contributed by atoms with Crippen molar-refractivity contribution in [3.05, 3.63) is 0 Å². The predicted molar refractivity (Wildman–Crippen MR) is 51.6 cm³/mol. The molecule has 1 amide bonds. The molecule has 1 fully saturated rings. The van der Waals surface area contributed by atoms with Gasteiger partial charge in [-0.1, -0.05) is 6.42 Å². The van der Waals surface area contributed by atoms with E-state index in [2.05, 4.69) is 4.74 Å². The van der Waals surface area contributed by atoms with Crippen molar-refractivity contribution in [2.24, 2.45) is 0 Å². The molecule has 0 spiro atoms. The number of hydrogen-bond acceptors (Lipinski definition) is 4. The monoisotopic (exact) mass is 210 g/mol. The SMILES string of the molecule is N#CCOC(=O)CN1CCCCCC1=O. The van der Waals surface area contributed by atoms with Crippen LogP contribution in [-0.4, -0.2) is 36.5 Å². The number of likely N-dealkylation sites (tertiary alicyclic amines) is 1. The van der Waals surface area contributed by atoms with Crippen LogP contribution in [0.4, 0.5) is 0 Å². The summed E-state index contributed by atoms with van der Waals surface area (Å²) in [7, 11) is 0. The third-order valence-electron chi connectivity index (χ3n) is 2.29. The van der Waals surface area contributed by atoms with E-state index in [9.17, 15) is 9.59 Å². The van der Waals surface area contributed by atoms with Crippen LogP contribution in [0.15, 0.2) is 0 Å². The summed E-state index contributed by atoms with van der Waals surface area (Å²) in [4.78, 5) is 24.1. The Morgan fingerprint density at radius 3 is 3.00 bits per heavy atom. The molecular weight excluding hydrogens is 196 g/mol. The summed E-state index contributed by atoms with van der Waals surface area (Å²) in [5, 5.41) is 8.21. The number of carbonyl (C=O) groups is 2. The first-order valence-corrected chi connectivity index (χ1v) is 5.04. The van der Waals surface area contributed by atoms with Gasteiger partial charge in [0.05, 0.1) is 0 Å². The van der Waals surface area contributed by atoms with Crippen molar-refractivity contribution in [2.75, 3.05) is 19.7 Å². The highest BCUT2D eigenvalue weighted by molar-refractivity contribution is 5.82. The molecule has 0 aliphatic carbocycles. The van der Waals surface area contributed by atoms with Crippen LogP contribution < -0.4 is 0 Å². The molecule has 1 aliphatic rings. The van der Waals surface area contributed by atoms with E-state index < -0.39 is 5.97 Å². The average molecular weight is 210 g/mol. The summed E-state index contributed by atoms with van der Waals surface area (Å²) in [6, 6.07) is 1.71. The summed E-state index contributed by atoms with van der Waals surface area (Å²) < 4.78 is 4.59. The van der Waals surface area contributed by atoms with E-state index in [1.54, 1.807) is 6.07 Å². The summed E-state index contributed by atoms with van der Waals surface area (Å²) in [5.41, 5.74) is 0. The molecule has 0 N–H and O–H groups in total. The Balaban J connectivity index is 2.38. The molecule has 0 bridgehead atoms. The Hall–Kier alpha value is -1.57. The molecule has 1 heterocycles. The molecule has 1 aliphatic heterocycles. The van der Waals surface area contributed by atoms with Crippen molar-refractivity contribution >= 4 is 11.9 Å². The van der Waals surface area contributed by atoms with Gasteiger partial charge < -0.3 is 9.64 Å². The second-order valence-electron chi connectivity index (χ2n) is 3.44. The lowest BCUT2D eigenvalue weighted by Gasteiger charge is -2.18. The zero-order valence-electron chi connectivity index (χ0n) is 8.57. The lowest BCUT2D eigenvalue weighted by Crippen LogP contribution is -2.36. The number of ether oxygens (including phenoxy) is 1. The molecule has 5 heteroatoms. The van der Waals surface area contributed by atoms with E-state index in [0.29, 0.717) is 13.0 Å². The Kier molecular flexibility index (Phi) is 4.61. The Labute approximate surface area is 88.6 Å². The van der Waals surface area contributed by atoms with Gasteiger partial charge in [-0.05, 0) is 12.8 Å². The molecule has 1 rings (SSSR count). The molecule has 82 valence electrons. The first-order chi connectivity index (χ1) is 7.24. The van der Waals surface area contributed by atoms with Gasteiger partial charge >= 0.3 is 5.97 Å². The lowest BCUT2D eigenvalue weighted by molar-refractivity contribution is -0.148. The predicted octanol–water partition coefficient (Wildman–Crippen LogP) is 0.456. The molecule has 0 aromatic rings. The molecule has 5 nitrogen and oxygen atoms in total. The van der Waals surface area contributed by atoms with Crippen LogP contribution in [0.1, 0.15) is 25.7 Å². The van der Waals surface area contributed by atoms with Gasteiger partial charge in [-0.25, -0.2) is 0 Å². The summed E-state index contributed by atoms with van der Waals surface area (Å²) in [6.45, 7) is 0.335. The maximum atomic E-state index is 11.5. The zero-order chi connectivity index (χ0) is 11.1. The van der Waals surface area contributed by atoms with Crippen LogP contribution in [-0.2, 0) is 14.3 Å². The Morgan fingerprint density at radius 2 is 2.27 bits per heavy atom. The zero-order valence-corrected chi connectivity index (χ0v) is 8.57. The van der Waals surface area contributed by atoms with Gasteiger partial charge in [-0.3, -0.25) is 9.59 Å². The second kappa shape index (κ2) is 6.02. The standard InChI is InChI=1S/C10H14N2O3/c11-5-7-15-10(14)8-12-6-3-1-2-4-9(12)13/h1-4,6-8H2. The minimum Gasteiger partial charge on any atom is -0.449 e. The number of hydrogen-bond donors (Lipinski definition) is 0. The van der Waals surface area contributed by atoms with E-state index in [1.165, 1.54) is 4.90 Å². The van der Waals surface area contributed by atoms with Crippen LogP contribution in [0, 0.1) is 11.3 Å². The summed E-state index contributed by atoms with van der Waals surface area (Å²) >= 11 is 0. The van der Waals surface area contributed by atoms with E-state index in [0.717, 1.165) is 19.3 Å². The van der Waals surface area contributed by atoms with Crippen LogP contribution in [0.2, 0.25) is 0 Å². The van der Waals surface area contributed by atoms with Gasteiger partial charge in [0.15, 0.2) is 6.61 Å². The molecule has 1 saturated heterocycles. The molecule has 0 unspecified atom stereocenters.